The number of methoxy groups -OCH3 is 1. The van der Waals surface area contributed by atoms with E-state index < -0.39 is 15.9 Å². The van der Waals surface area contributed by atoms with Gasteiger partial charge in [0.25, 0.3) is 5.91 Å². The number of carbonyl (C=O) groups excluding carboxylic acids is 1. The van der Waals surface area contributed by atoms with Crippen molar-refractivity contribution in [3.8, 4) is 11.5 Å². The molecule has 0 fully saturated rings. The lowest BCUT2D eigenvalue weighted by Crippen LogP contribution is -2.37. The smallest absolute Gasteiger partial charge is 0.339 e. The molecule has 0 saturated heterocycles. The first-order valence-corrected chi connectivity index (χ1v) is 11.9. The minimum absolute atomic E-state index is 0.00350. The van der Waals surface area contributed by atoms with Gasteiger partial charge in [-0.2, -0.15) is 8.42 Å². The Kier molecular flexibility index (Phi) is 7.71. The summed E-state index contributed by atoms with van der Waals surface area (Å²) in [5, 5.41) is 0. The van der Waals surface area contributed by atoms with Crippen molar-refractivity contribution >= 4 is 16.0 Å². The van der Waals surface area contributed by atoms with E-state index in [1.165, 1.54) is 55.6 Å². The minimum atomic E-state index is -4.05. The first-order chi connectivity index (χ1) is 15.7. The van der Waals surface area contributed by atoms with Gasteiger partial charge in [-0.15, -0.1) is 0 Å². The van der Waals surface area contributed by atoms with Gasteiger partial charge in [-0.1, -0.05) is 25.1 Å². The Morgan fingerprint density at radius 3 is 2.33 bits per heavy atom. The number of hydrogen-bond donors (Lipinski definition) is 0. The van der Waals surface area contributed by atoms with Gasteiger partial charge in [-0.05, 0) is 73.5 Å². The molecular formula is C25H26FNO5S. The summed E-state index contributed by atoms with van der Waals surface area (Å²) >= 11 is 0. The van der Waals surface area contributed by atoms with Gasteiger partial charge in [0.1, 0.15) is 22.2 Å². The fourth-order valence-electron chi connectivity index (χ4n) is 3.25. The lowest BCUT2D eigenvalue weighted by atomic mass is 10.1. The van der Waals surface area contributed by atoms with E-state index in [9.17, 15) is 17.6 Å². The molecule has 1 atom stereocenters. The zero-order valence-corrected chi connectivity index (χ0v) is 19.5. The van der Waals surface area contributed by atoms with Crippen molar-refractivity contribution in [2.45, 2.75) is 37.8 Å². The first kappa shape index (κ1) is 24.3. The predicted molar refractivity (Wildman–Crippen MR) is 123 cm³/mol. The molecule has 0 radical (unpaired) electrons. The molecule has 0 N–H and O–H groups in total. The molecule has 0 aliphatic carbocycles. The molecule has 33 heavy (non-hydrogen) atoms. The Labute approximate surface area is 193 Å². The largest absolute Gasteiger partial charge is 0.497 e. The van der Waals surface area contributed by atoms with Crippen molar-refractivity contribution in [3.63, 3.8) is 0 Å². The molecule has 0 aliphatic rings. The number of rotatable bonds is 9. The zero-order chi connectivity index (χ0) is 24.0. The van der Waals surface area contributed by atoms with Gasteiger partial charge < -0.3 is 13.8 Å². The maximum absolute atomic E-state index is 13.6. The zero-order valence-electron chi connectivity index (χ0n) is 18.7. The van der Waals surface area contributed by atoms with Crippen molar-refractivity contribution < 1.29 is 26.5 Å². The van der Waals surface area contributed by atoms with E-state index in [1.807, 2.05) is 13.8 Å². The van der Waals surface area contributed by atoms with Gasteiger partial charge >= 0.3 is 10.1 Å². The Morgan fingerprint density at radius 1 is 1.00 bits per heavy atom. The molecule has 1 amide bonds. The van der Waals surface area contributed by atoms with Crippen molar-refractivity contribution in [1.29, 1.82) is 0 Å². The first-order valence-electron chi connectivity index (χ1n) is 10.5. The maximum Gasteiger partial charge on any atom is 0.339 e. The third-order valence-corrected chi connectivity index (χ3v) is 6.52. The number of benzene rings is 3. The van der Waals surface area contributed by atoms with Gasteiger partial charge in [-0.3, -0.25) is 4.79 Å². The van der Waals surface area contributed by atoms with E-state index in [0.717, 1.165) is 0 Å². The van der Waals surface area contributed by atoms with Crippen molar-refractivity contribution in [1.82, 2.24) is 4.90 Å². The molecule has 0 spiro atoms. The summed E-state index contributed by atoms with van der Waals surface area (Å²) in [6.07, 6.45) is 0.698. The minimum Gasteiger partial charge on any atom is -0.497 e. The Hall–Kier alpha value is -3.39. The van der Waals surface area contributed by atoms with Gasteiger partial charge in [-0.25, -0.2) is 4.39 Å². The summed E-state index contributed by atoms with van der Waals surface area (Å²) < 4.78 is 49.3. The molecule has 0 aliphatic heterocycles. The highest BCUT2D eigenvalue weighted by Gasteiger charge is 2.22. The van der Waals surface area contributed by atoms with Gasteiger partial charge in [0, 0.05) is 18.2 Å². The van der Waals surface area contributed by atoms with E-state index in [1.54, 1.807) is 29.2 Å². The molecule has 3 rings (SSSR count). The summed E-state index contributed by atoms with van der Waals surface area (Å²) in [5.74, 6) is -0.125. The summed E-state index contributed by atoms with van der Waals surface area (Å²) in [7, 11) is -2.55. The molecular weight excluding hydrogens is 445 g/mol. The Balaban J connectivity index is 1.82. The van der Waals surface area contributed by atoms with Crippen LogP contribution < -0.4 is 8.92 Å². The van der Waals surface area contributed by atoms with Crippen LogP contribution in [0.25, 0.3) is 0 Å². The maximum atomic E-state index is 13.6. The van der Waals surface area contributed by atoms with Crippen molar-refractivity contribution in [2.24, 2.45) is 0 Å². The molecule has 3 aromatic carbocycles. The second-order valence-corrected chi connectivity index (χ2v) is 9.11. The second kappa shape index (κ2) is 10.5. The SMILES string of the molecule is CCC(C)N(Cc1cccc(OS(=O)(=O)c2ccc(OC)cc2)c1)C(=O)c1cccc(F)c1. The highest BCUT2D eigenvalue weighted by atomic mass is 32.2. The number of ether oxygens (including phenoxy) is 1. The molecule has 0 saturated carbocycles. The average molecular weight is 472 g/mol. The van der Waals surface area contributed by atoms with E-state index in [2.05, 4.69) is 0 Å². The van der Waals surface area contributed by atoms with Crippen LogP contribution in [0.15, 0.2) is 77.7 Å². The molecule has 0 heterocycles. The van der Waals surface area contributed by atoms with Crippen LogP contribution in [0.1, 0.15) is 36.2 Å². The van der Waals surface area contributed by atoms with Crippen LogP contribution in [0.4, 0.5) is 4.39 Å². The van der Waals surface area contributed by atoms with Crippen LogP contribution in [-0.4, -0.2) is 32.4 Å². The van der Waals surface area contributed by atoms with E-state index >= 15 is 0 Å². The van der Waals surface area contributed by atoms with Gasteiger partial charge in [0.05, 0.1) is 7.11 Å². The summed E-state index contributed by atoms with van der Waals surface area (Å²) in [6, 6.07) is 17.9. The molecule has 6 nitrogen and oxygen atoms in total. The summed E-state index contributed by atoms with van der Waals surface area (Å²) in [6.45, 7) is 4.08. The van der Waals surface area contributed by atoms with Crippen LogP contribution >= 0.6 is 0 Å². The molecule has 8 heteroatoms. The fraction of sp³-hybridized carbons (Fsp3) is 0.240. The highest BCUT2D eigenvalue weighted by Crippen LogP contribution is 2.23. The quantitative estimate of drug-likeness (QED) is 0.409. The van der Waals surface area contributed by atoms with Crippen LogP contribution in [0, 0.1) is 5.82 Å². The monoisotopic (exact) mass is 471 g/mol. The average Bonchev–Trinajstić information content (AvgIpc) is 2.81. The number of carbonyl (C=O) groups is 1. The molecule has 3 aromatic rings. The normalized spacial score (nSPS) is 12.1. The molecule has 0 aromatic heterocycles. The number of nitrogens with zero attached hydrogens (tertiary/aromatic N) is 1. The number of hydrogen-bond acceptors (Lipinski definition) is 5. The van der Waals surface area contributed by atoms with E-state index in [4.69, 9.17) is 8.92 Å². The summed E-state index contributed by atoms with van der Waals surface area (Å²) in [4.78, 5) is 14.7. The van der Waals surface area contributed by atoms with Crippen LogP contribution in [0.3, 0.4) is 0 Å². The van der Waals surface area contributed by atoms with Gasteiger partial charge in [0.2, 0.25) is 0 Å². The lowest BCUT2D eigenvalue weighted by molar-refractivity contribution is 0.0671. The third-order valence-electron chi connectivity index (χ3n) is 5.26. The highest BCUT2D eigenvalue weighted by molar-refractivity contribution is 7.87. The van der Waals surface area contributed by atoms with Crippen molar-refractivity contribution in [2.75, 3.05) is 7.11 Å². The third kappa shape index (κ3) is 6.10. The lowest BCUT2D eigenvalue weighted by Gasteiger charge is -2.29. The van der Waals surface area contributed by atoms with E-state index in [-0.39, 0.29) is 34.7 Å². The number of amides is 1. The van der Waals surface area contributed by atoms with E-state index in [0.29, 0.717) is 17.7 Å². The van der Waals surface area contributed by atoms with Crippen molar-refractivity contribution in [3.05, 3.63) is 89.7 Å². The summed E-state index contributed by atoms with van der Waals surface area (Å²) in [5.41, 5.74) is 0.937. The van der Waals surface area contributed by atoms with Crippen LogP contribution in [-0.2, 0) is 16.7 Å². The number of halogens is 1. The predicted octanol–water partition coefficient (Wildman–Crippen LogP) is 5.04. The van der Waals surface area contributed by atoms with Crippen LogP contribution in [0.5, 0.6) is 11.5 Å². The van der Waals surface area contributed by atoms with Crippen LogP contribution in [0.2, 0.25) is 0 Å². The van der Waals surface area contributed by atoms with Gasteiger partial charge in [0.15, 0.2) is 0 Å². The second-order valence-electron chi connectivity index (χ2n) is 7.56. The standard InChI is InChI=1S/C25H26FNO5S/c1-4-18(2)27(25(28)20-8-6-9-21(26)16-20)17-19-7-5-10-23(15-19)32-33(29,30)24-13-11-22(31-3)12-14-24/h5-16,18H,4,17H2,1-3H3. The Morgan fingerprint density at radius 2 is 1.70 bits per heavy atom. The molecule has 1 unspecified atom stereocenters. The topological polar surface area (TPSA) is 72.9 Å². The molecule has 0 bridgehead atoms. The Bertz CT molecular complexity index is 1210. The molecule has 174 valence electrons. The fourth-order valence-corrected chi connectivity index (χ4v) is 4.17.